The van der Waals surface area contributed by atoms with Crippen LogP contribution < -0.4 is 5.32 Å². The highest BCUT2D eigenvalue weighted by Crippen LogP contribution is 2.44. The van der Waals surface area contributed by atoms with Crippen LogP contribution in [0, 0.1) is 0 Å². The van der Waals surface area contributed by atoms with Crippen LogP contribution in [-0.2, 0) is 20.7 Å². The second-order valence-corrected chi connectivity index (χ2v) is 10.3. The Balaban J connectivity index is 1.31. The number of alkyl carbamates (subject to hydrolysis) is 1. The summed E-state index contributed by atoms with van der Waals surface area (Å²) in [4.78, 5) is 30.3. The Morgan fingerprint density at radius 3 is 2.27 bits per heavy atom. The maximum atomic E-state index is 13.0. The number of esters is 1. The molecule has 6 heteroatoms. The van der Waals surface area contributed by atoms with Gasteiger partial charge in [-0.15, -0.1) is 0 Å². The van der Waals surface area contributed by atoms with Crippen molar-refractivity contribution in [1.29, 1.82) is 0 Å². The van der Waals surface area contributed by atoms with Crippen molar-refractivity contribution < 1.29 is 19.1 Å². The Hall–Kier alpha value is -4.19. The number of carbonyl (C=O) groups is 2. The summed E-state index contributed by atoms with van der Waals surface area (Å²) in [5, 5.41) is 3.72. The number of pyridine rings is 1. The standard InChI is InChI=1S/C31H30N2O4/c1-31(2,3)37-29(34)28(18-20-14-15-27-21(17-20)9-8-16-32-27)33-30(35)36-19-26-24-12-6-4-10-22(24)23-11-5-7-13-25(23)26/h4-17,26,28H,18-19H2,1-3H3,(H,33,35). The summed E-state index contributed by atoms with van der Waals surface area (Å²) in [7, 11) is 0. The van der Waals surface area contributed by atoms with Crippen molar-refractivity contribution in [2.45, 2.75) is 44.8 Å². The van der Waals surface area contributed by atoms with Gasteiger partial charge in [0.05, 0.1) is 5.52 Å². The van der Waals surface area contributed by atoms with Crippen LogP contribution in [0.5, 0.6) is 0 Å². The van der Waals surface area contributed by atoms with E-state index in [9.17, 15) is 9.59 Å². The Labute approximate surface area is 216 Å². The normalized spacial score (nSPS) is 13.5. The fourth-order valence-electron chi connectivity index (χ4n) is 4.84. The first-order valence-electron chi connectivity index (χ1n) is 12.5. The van der Waals surface area contributed by atoms with Crippen molar-refractivity contribution in [2.75, 3.05) is 6.61 Å². The molecule has 1 aliphatic rings. The predicted octanol–water partition coefficient (Wildman–Crippen LogP) is 6.03. The molecule has 0 spiro atoms. The molecule has 0 fully saturated rings. The van der Waals surface area contributed by atoms with E-state index in [1.807, 2.05) is 54.6 Å². The lowest BCUT2D eigenvalue weighted by Gasteiger charge is -2.25. The second kappa shape index (κ2) is 10.1. The van der Waals surface area contributed by atoms with Crippen molar-refractivity contribution >= 4 is 23.0 Å². The summed E-state index contributed by atoms with van der Waals surface area (Å²) in [6.07, 6.45) is 1.36. The first kappa shape index (κ1) is 24.5. The highest BCUT2D eigenvalue weighted by atomic mass is 16.6. The van der Waals surface area contributed by atoms with Gasteiger partial charge < -0.3 is 14.8 Å². The van der Waals surface area contributed by atoms with Gasteiger partial charge in [0.2, 0.25) is 0 Å². The van der Waals surface area contributed by atoms with E-state index < -0.39 is 23.7 Å². The maximum absolute atomic E-state index is 13.0. The lowest BCUT2D eigenvalue weighted by Crippen LogP contribution is -2.46. The second-order valence-electron chi connectivity index (χ2n) is 10.3. The van der Waals surface area contributed by atoms with Crippen LogP contribution in [0.25, 0.3) is 22.0 Å². The van der Waals surface area contributed by atoms with Gasteiger partial charge in [0, 0.05) is 23.9 Å². The lowest BCUT2D eigenvalue weighted by atomic mass is 9.98. The highest BCUT2D eigenvalue weighted by molar-refractivity contribution is 5.83. The van der Waals surface area contributed by atoms with Gasteiger partial charge in [-0.05, 0) is 66.8 Å². The number of carbonyl (C=O) groups excluding carboxylic acids is 2. The van der Waals surface area contributed by atoms with Crippen LogP contribution in [-0.4, -0.2) is 35.3 Å². The first-order valence-corrected chi connectivity index (χ1v) is 12.5. The smallest absolute Gasteiger partial charge is 0.407 e. The van der Waals surface area contributed by atoms with E-state index in [-0.39, 0.29) is 18.9 Å². The zero-order chi connectivity index (χ0) is 26.0. The number of hydrogen-bond donors (Lipinski definition) is 1. The van der Waals surface area contributed by atoms with E-state index in [1.54, 1.807) is 27.0 Å². The van der Waals surface area contributed by atoms with Gasteiger partial charge in [-0.3, -0.25) is 4.98 Å². The Kier molecular flexibility index (Phi) is 6.66. The number of nitrogens with one attached hydrogen (secondary N) is 1. The van der Waals surface area contributed by atoms with Crippen molar-refractivity contribution in [3.8, 4) is 11.1 Å². The molecule has 1 atom stereocenters. The van der Waals surface area contributed by atoms with Gasteiger partial charge in [0.25, 0.3) is 0 Å². The number of ether oxygens (including phenoxy) is 2. The number of benzene rings is 3. The van der Waals surface area contributed by atoms with Gasteiger partial charge >= 0.3 is 12.1 Å². The van der Waals surface area contributed by atoms with Crippen molar-refractivity contribution in [2.24, 2.45) is 0 Å². The molecule has 5 rings (SSSR count). The number of rotatable bonds is 6. The third-order valence-electron chi connectivity index (χ3n) is 6.43. The minimum atomic E-state index is -0.899. The minimum Gasteiger partial charge on any atom is -0.458 e. The number of hydrogen-bond acceptors (Lipinski definition) is 5. The number of amides is 1. The van der Waals surface area contributed by atoms with Crippen LogP contribution in [0.2, 0.25) is 0 Å². The molecule has 4 aromatic rings. The van der Waals surface area contributed by atoms with Crippen LogP contribution in [0.4, 0.5) is 4.79 Å². The third kappa shape index (κ3) is 5.48. The van der Waals surface area contributed by atoms with E-state index in [4.69, 9.17) is 9.47 Å². The van der Waals surface area contributed by atoms with E-state index in [0.29, 0.717) is 0 Å². The highest BCUT2D eigenvalue weighted by Gasteiger charge is 2.31. The molecule has 1 amide bonds. The number of fused-ring (bicyclic) bond motifs is 4. The molecule has 1 N–H and O–H groups in total. The summed E-state index contributed by atoms with van der Waals surface area (Å²) in [6.45, 7) is 5.58. The van der Waals surface area contributed by atoms with Crippen LogP contribution in [0.1, 0.15) is 43.4 Å². The Morgan fingerprint density at radius 2 is 1.59 bits per heavy atom. The molecular formula is C31H30N2O4. The van der Waals surface area contributed by atoms with Gasteiger partial charge in [0.15, 0.2) is 0 Å². The predicted molar refractivity (Wildman–Crippen MR) is 143 cm³/mol. The Morgan fingerprint density at radius 1 is 0.919 bits per heavy atom. The average molecular weight is 495 g/mol. The molecule has 1 aliphatic carbocycles. The topological polar surface area (TPSA) is 77.5 Å². The largest absolute Gasteiger partial charge is 0.458 e. The fraction of sp³-hybridized carbons (Fsp3) is 0.258. The molecular weight excluding hydrogens is 464 g/mol. The molecule has 0 radical (unpaired) electrons. The molecule has 1 aromatic heterocycles. The van der Waals surface area contributed by atoms with Gasteiger partial charge in [-0.25, -0.2) is 9.59 Å². The summed E-state index contributed by atoms with van der Waals surface area (Å²) in [5.74, 6) is -0.571. The van der Waals surface area contributed by atoms with Crippen LogP contribution in [0.15, 0.2) is 85.1 Å². The van der Waals surface area contributed by atoms with E-state index in [0.717, 1.165) is 38.7 Å². The van der Waals surface area contributed by atoms with E-state index in [1.165, 1.54) is 0 Å². The van der Waals surface area contributed by atoms with Gasteiger partial charge in [-0.2, -0.15) is 0 Å². The monoisotopic (exact) mass is 494 g/mol. The minimum absolute atomic E-state index is 0.0638. The molecule has 0 aliphatic heterocycles. The summed E-state index contributed by atoms with van der Waals surface area (Å²) in [5.41, 5.74) is 5.63. The SMILES string of the molecule is CC(C)(C)OC(=O)C(Cc1ccc2ncccc2c1)NC(=O)OCC1c2ccccc2-c2ccccc21. The zero-order valence-electron chi connectivity index (χ0n) is 21.2. The summed E-state index contributed by atoms with van der Waals surface area (Å²) >= 11 is 0. The van der Waals surface area contributed by atoms with Crippen LogP contribution >= 0.6 is 0 Å². The van der Waals surface area contributed by atoms with Gasteiger partial charge in [-0.1, -0.05) is 60.7 Å². The first-order chi connectivity index (χ1) is 17.8. The molecule has 1 unspecified atom stereocenters. The molecule has 0 bridgehead atoms. The van der Waals surface area contributed by atoms with Crippen molar-refractivity contribution in [3.05, 3.63) is 102 Å². The molecule has 1 heterocycles. The molecule has 3 aromatic carbocycles. The van der Waals surface area contributed by atoms with Gasteiger partial charge in [0.1, 0.15) is 18.2 Å². The number of aromatic nitrogens is 1. The number of nitrogens with zero attached hydrogens (tertiary/aromatic N) is 1. The summed E-state index contributed by atoms with van der Waals surface area (Å²) < 4.78 is 11.3. The fourth-order valence-corrected chi connectivity index (χ4v) is 4.84. The van der Waals surface area contributed by atoms with Crippen molar-refractivity contribution in [3.63, 3.8) is 0 Å². The molecule has 0 saturated heterocycles. The van der Waals surface area contributed by atoms with Crippen molar-refractivity contribution in [1.82, 2.24) is 10.3 Å². The maximum Gasteiger partial charge on any atom is 0.407 e. The molecule has 37 heavy (non-hydrogen) atoms. The molecule has 6 nitrogen and oxygen atoms in total. The molecule has 0 saturated carbocycles. The summed E-state index contributed by atoms with van der Waals surface area (Å²) in [6, 6.07) is 25.1. The van der Waals surface area contributed by atoms with E-state index in [2.05, 4.69) is 34.6 Å². The van der Waals surface area contributed by atoms with Crippen LogP contribution in [0.3, 0.4) is 0 Å². The molecule has 188 valence electrons. The van der Waals surface area contributed by atoms with E-state index >= 15 is 0 Å². The quantitative estimate of drug-likeness (QED) is 0.331. The lowest BCUT2D eigenvalue weighted by molar-refractivity contribution is -0.157. The third-order valence-corrected chi connectivity index (χ3v) is 6.43. The zero-order valence-corrected chi connectivity index (χ0v) is 21.2. The Bertz CT molecular complexity index is 1410. The average Bonchev–Trinajstić information content (AvgIpc) is 3.20.